The fraction of sp³-hybridized carbons (Fsp3) is 0.192. The Hall–Kier alpha value is -4.13. The van der Waals surface area contributed by atoms with E-state index in [1.54, 1.807) is 26.6 Å². The first-order valence-corrected chi connectivity index (χ1v) is 10.6. The second kappa shape index (κ2) is 10.5. The number of hydrogen-bond donors (Lipinski definition) is 1. The number of Topliss-reactive ketones (excluding diaryl/α,β-unsaturated/α-hetero) is 1. The van der Waals surface area contributed by atoms with Gasteiger partial charge in [0.25, 0.3) is 0 Å². The monoisotopic (exact) mass is 443 g/mol. The van der Waals surface area contributed by atoms with E-state index in [1.165, 1.54) is 0 Å². The molecule has 0 saturated carbocycles. The van der Waals surface area contributed by atoms with Crippen molar-refractivity contribution < 1.29 is 19.0 Å². The number of pyridine rings is 1. The van der Waals surface area contributed by atoms with Gasteiger partial charge in [-0.25, -0.2) is 9.97 Å². The predicted octanol–water partition coefficient (Wildman–Crippen LogP) is 4.54. The number of ketones is 1. The maximum Gasteiger partial charge on any atom is 0.213 e. The van der Waals surface area contributed by atoms with E-state index in [-0.39, 0.29) is 12.2 Å². The summed E-state index contributed by atoms with van der Waals surface area (Å²) in [5.41, 5.74) is 3.68. The van der Waals surface area contributed by atoms with E-state index in [2.05, 4.69) is 15.0 Å². The zero-order valence-electron chi connectivity index (χ0n) is 18.6. The average molecular weight is 444 g/mol. The summed E-state index contributed by atoms with van der Waals surface area (Å²) in [5, 5.41) is 0. The lowest BCUT2D eigenvalue weighted by molar-refractivity contribution is 0.0984. The van der Waals surface area contributed by atoms with Crippen LogP contribution in [0.5, 0.6) is 17.4 Å². The molecule has 2 heterocycles. The first-order chi connectivity index (χ1) is 16.2. The Morgan fingerprint density at radius 3 is 2.58 bits per heavy atom. The van der Waals surface area contributed by atoms with Crippen LogP contribution in [-0.2, 0) is 12.8 Å². The minimum Gasteiger partial charge on any atom is -0.493 e. The van der Waals surface area contributed by atoms with E-state index < -0.39 is 0 Å². The molecule has 0 aliphatic rings. The number of nitrogens with zero attached hydrogens (tertiary/aromatic N) is 2. The molecule has 2 aromatic carbocycles. The Kier molecular flexibility index (Phi) is 6.99. The van der Waals surface area contributed by atoms with Crippen molar-refractivity contribution >= 4 is 5.78 Å². The zero-order chi connectivity index (χ0) is 23.0. The number of rotatable bonds is 10. The van der Waals surface area contributed by atoms with E-state index in [9.17, 15) is 4.79 Å². The number of aromatic nitrogens is 3. The van der Waals surface area contributed by atoms with Crippen molar-refractivity contribution in [3.63, 3.8) is 0 Å². The average Bonchev–Trinajstić information content (AvgIpc) is 3.40. The summed E-state index contributed by atoms with van der Waals surface area (Å²) in [6.45, 7) is 0.476. The molecule has 2 aromatic heterocycles. The summed E-state index contributed by atoms with van der Waals surface area (Å²) in [6.07, 6.45) is 4.19. The summed E-state index contributed by atoms with van der Waals surface area (Å²) in [6, 6.07) is 19.3. The van der Waals surface area contributed by atoms with Gasteiger partial charge in [-0.1, -0.05) is 30.3 Å². The Balaban J connectivity index is 1.40. The number of carbonyl (C=O) groups is 1. The molecule has 0 spiro atoms. The number of aromatic amines is 1. The van der Waals surface area contributed by atoms with Crippen molar-refractivity contribution in [2.24, 2.45) is 0 Å². The number of H-pyrrole nitrogens is 1. The van der Waals surface area contributed by atoms with E-state index in [1.807, 2.05) is 60.7 Å². The van der Waals surface area contributed by atoms with E-state index in [0.717, 1.165) is 22.4 Å². The molecule has 0 amide bonds. The van der Waals surface area contributed by atoms with Crippen LogP contribution in [-0.4, -0.2) is 41.6 Å². The summed E-state index contributed by atoms with van der Waals surface area (Å²) < 4.78 is 16.5. The number of benzene rings is 2. The quantitative estimate of drug-likeness (QED) is 0.362. The molecule has 33 heavy (non-hydrogen) atoms. The fourth-order valence-electron chi connectivity index (χ4n) is 3.49. The van der Waals surface area contributed by atoms with Gasteiger partial charge < -0.3 is 19.2 Å². The molecule has 168 valence electrons. The summed E-state index contributed by atoms with van der Waals surface area (Å²) in [4.78, 5) is 23.9. The zero-order valence-corrected chi connectivity index (χ0v) is 18.6. The third-order valence-corrected chi connectivity index (χ3v) is 5.16. The molecule has 7 nitrogen and oxygen atoms in total. The molecule has 4 rings (SSSR count). The van der Waals surface area contributed by atoms with E-state index >= 15 is 0 Å². The second-order valence-corrected chi connectivity index (χ2v) is 7.39. The van der Waals surface area contributed by atoms with Gasteiger partial charge in [-0.2, -0.15) is 0 Å². The molecule has 0 saturated heterocycles. The summed E-state index contributed by atoms with van der Waals surface area (Å²) >= 11 is 0. The second-order valence-electron chi connectivity index (χ2n) is 7.39. The van der Waals surface area contributed by atoms with Gasteiger partial charge in [0.15, 0.2) is 17.3 Å². The smallest absolute Gasteiger partial charge is 0.213 e. The van der Waals surface area contributed by atoms with Gasteiger partial charge in [0, 0.05) is 36.9 Å². The molecular formula is C26H25N3O4. The minimum absolute atomic E-state index is 0.0580. The topological polar surface area (TPSA) is 86.3 Å². The number of imidazole rings is 1. The fourth-order valence-corrected chi connectivity index (χ4v) is 3.49. The van der Waals surface area contributed by atoms with Crippen molar-refractivity contribution in [1.82, 2.24) is 15.0 Å². The maximum absolute atomic E-state index is 12.3. The molecule has 0 bridgehead atoms. The molecule has 4 aromatic rings. The van der Waals surface area contributed by atoms with Crippen molar-refractivity contribution in [1.29, 1.82) is 0 Å². The number of carbonyl (C=O) groups excluding carboxylic acids is 1. The molecule has 0 unspecified atom stereocenters. The standard InChI is InChI=1S/C26H25N3O4/c1-31-23-10-9-18(17-24(23)32-2)11-14-33-25-8-4-7-21(29-25)20-6-3-5-19(15-20)16-22(30)26-27-12-13-28-26/h3-10,12-13,15,17H,11,14,16H2,1-2H3,(H,27,28). The van der Waals surface area contributed by atoms with Crippen LogP contribution >= 0.6 is 0 Å². The Bertz CT molecular complexity index is 1220. The molecular weight excluding hydrogens is 418 g/mol. The van der Waals surface area contributed by atoms with Gasteiger partial charge in [-0.15, -0.1) is 0 Å². The van der Waals surface area contributed by atoms with Crippen molar-refractivity contribution in [2.45, 2.75) is 12.8 Å². The third kappa shape index (κ3) is 5.57. The molecule has 7 heteroatoms. The van der Waals surface area contributed by atoms with Crippen molar-refractivity contribution in [2.75, 3.05) is 20.8 Å². The van der Waals surface area contributed by atoms with E-state index in [4.69, 9.17) is 14.2 Å². The molecule has 0 aliphatic carbocycles. The van der Waals surface area contributed by atoms with Gasteiger partial charge in [-0.05, 0) is 35.4 Å². The van der Waals surface area contributed by atoms with Crippen LogP contribution in [0.1, 0.15) is 21.7 Å². The number of nitrogens with one attached hydrogen (secondary N) is 1. The molecule has 0 aliphatic heterocycles. The number of methoxy groups -OCH3 is 2. The summed E-state index contributed by atoms with van der Waals surface area (Å²) in [7, 11) is 3.24. The van der Waals surface area contributed by atoms with Crippen LogP contribution in [0.15, 0.2) is 73.1 Å². The highest BCUT2D eigenvalue weighted by Gasteiger charge is 2.11. The largest absolute Gasteiger partial charge is 0.493 e. The first kappa shape index (κ1) is 22.1. The maximum atomic E-state index is 12.3. The number of hydrogen-bond acceptors (Lipinski definition) is 6. The molecule has 0 radical (unpaired) electrons. The highest BCUT2D eigenvalue weighted by molar-refractivity contribution is 5.94. The van der Waals surface area contributed by atoms with Gasteiger partial charge in [0.2, 0.25) is 11.7 Å². The van der Waals surface area contributed by atoms with Crippen LogP contribution in [0.25, 0.3) is 11.3 Å². The van der Waals surface area contributed by atoms with Crippen LogP contribution < -0.4 is 14.2 Å². The number of ether oxygens (including phenoxy) is 3. The Morgan fingerprint density at radius 2 is 1.79 bits per heavy atom. The SMILES string of the molecule is COc1ccc(CCOc2cccc(-c3cccc(CC(=O)c4ncc[nH]4)c3)n2)cc1OC. The molecule has 0 atom stereocenters. The van der Waals surface area contributed by atoms with Gasteiger partial charge in [0.05, 0.1) is 26.5 Å². The molecule has 0 fully saturated rings. The molecule has 1 N–H and O–H groups in total. The van der Waals surface area contributed by atoms with Crippen LogP contribution in [0.3, 0.4) is 0 Å². The highest BCUT2D eigenvalue weighted by Crippen LogP contribution is 2.28. The Morgan fingerprint density at radius 1 is 0.939 bits per heavy atom. The third-order valence-electron chi connectivity index (χ3n) is 5.16. The lowest BCUT2D eigenvalue weighted by atomic mass is 10.0. The first-order valence-electron chi connectivity index (χ1n) is 10.6. The van der Waals surface area contributed by atoms with Crippen LogP contribution in [0.4, 0.5) is 0 Å². The van der Waals surface area contributed by atoms with Gasteiger partial charge in [0.1, 0.15) is 0 Å². The lowest BCUT2D eigenvalue weighted by Gasteiger charge is -2.11. The minimum atomic E-state index is -0.0580. The lowest BCUT2D eigenvalue weighted by Crippen LogP contribution is -2.05. The van der Waals surface area contributed by atoms with Crippen molar-refractivity contribution in [3.05, 3.63) is 90.0 Å². The van der Waals surface area contributed by atoms with E-state index in [0.29, 0.717) is 36.2 Å². The Labute approximate surface area is 192 Å². The highest BCUT2D eigenvalue weighted by atomic mass is 16.5. The van der Waals surface area contributed by atoms with Crippen LogP contribution in [0.2, 0.25) is 0 Å². The predicted molar refractivity (Wildman–Crippen MR) is 125 cm³/mol. The normalized spacial score (nSPS) is 10.6. The van der Waals surface area contributed by atoms with Crippen LogP contribution in [0, 0.1) is 0 Å². The van der Waals surface area contributed by atoms with Gasteiger partial charge in [-0.3, -0.25) is 4.79 Å². The van der Waals surface area contributed by atoms with Crippen molar-refractivity contribution in [3.8, 4) is 28.6 Å². The van der Waals surface area contributed by atoms with Gasteiger partial charge >= 0.3 is 0 Å². The summed E-state index contributed by atoms with van der Waals surface area (Å²) in [5.74, 6) is 2.25.